The molecule has 0 aromatic heterocycles. The molecule has 0 aliphatic rings. The molecule has 1 aromatic carbocycles. The van der Waals surface area contributed by atoms with E-state index in [0.717, 1.165) is 31.4 Å². The van der Waals surface area contributed by atoms with E-state index < -0.39 is 12.2 Å². The zero-order valence-electron chi connectivity index (χ0n) is 26.6. The summed E-state index contributed by atoms with van der Waals surface area (Å²) in [5, 5.41) is 31.3. The SMILES string of the molecule is CCCCCCCCCCCCCC(O)CN(CC(O)CCCCCCCCCCCCC)c1ccc(O)cc1. The van der Waals surface area contributed by atoms with Gasteiger partial charge in [0.15, 0.2) is 0 Å². The molecule has 0 saturated carbocycles. The Morgan fingerprint density at radius 2 is 0.775 bits per heavy atom. The molecule has 1 rings (SSSR count). The van der Waals surface area contributed by atoms with Crippen LogP contribution < -0.4 is 4.90 Å². The minimum Gasteiger partial charge on any atom is -0.508 e. The molecule has 40 heavy (non-hydrogen) atoms. The molecule has 3 N–H and O–H groups in total. The highest BCUT2D eigenvalue weighted by Crippen LogP contribution is 2.21. The molecule has 2 unspecified atom stereocenters. The van der Waals surface area contributed by atoms with Crippen LogP contribution in [-0.4, -0.2) is 40.6 Å². The summed E-state index contributed by atoms with van der Waals surface area (Å²) in [4.78, 5) is 2.10. The number of anilines is 1. The van der Waals surface area contributed by atoms with Gasteiger partial charge in [0.05, 0.1) is 12.2 Å². The van der Waals surface area contributed by atoms with E-state index in [0.29, 0.717) is 13.1 Å². The third-order valence-electron chi connectivity index (χ3n) is 8.36. The van der Waals surface area contributed by atoms with Crippen molar-refractivity contribution >= 4 is 5.69 Å². The van der Waals surface area contributed by atoms with Gasteiger partial charge >= 0.3 is 0 Å². The smallest absolute Gasteiger partial charge is 0.115 e. The van der Waals surface area contributed by atoms with Crippen LogP contribution in [0.1, 0.15) is 168 Å². The van der Waals surface area contributed by atoms with Crippen LogP contribution in [0.25, 0.3) is 0 Å². The van der Waals surface area contributed by atoms with Crippen LogP contribution in [0, 0.1) is 0 Å². The highest BCUT2D eigenvalue weighted by Gasteiger charge is 2.16. The molecular formula is C36H67NO3. The average molecular weight is 562 g/mol. The Balaban J connectivity index is 2.24. The van der Waals surface area contributed by atoms with E-state index in [1.165, 1.54) is 128 Å². The predicted octanol–water partition coefficient (Wildman–Crippen LogP) is 10.3. The van der Waals surface area contributed by atoms with Crippen LogP contribution in [0.2, 0.25) is 0 Å². The maximum absolute atomic E-state index is 10.8. The summed E-state index contributed by atoms with van der Waals surface area (Å²) in [7, 11) is 0. The van der Waals surface area contributed by atoms with Gasteiger partial charge in [0.25, 0.3) is 0 Å². The summed E-state index contributed by atoms with van der Waals surface area (Å²) in [5.74, 6) is 0.242. The minimum absolute atomic E-state index is 0.242. The van der Waals surface area contributed by atoms with E-state index in [1.54, 1.807) is 12.1 Å². The second-order valence-electron chi connectivity index (χ2n) is 12.4. The Bertz CT molecular complexity index is 616. The fraction of sp³-hybridized carbons (Fsp3) is 0.833. The Morgan fingerprint density at radius 1 is 0.475 bits per heavy atom. The first-order valence-electron chi connectivity index (χ1n) is 17.5. The topological polar surface area (TPSA) is 63.9 Å². The summed E-state index contributed by atoms with van der Waals surface area (Å²) < 4.78 is 0. The standard InChI is InChI=1S/C36H67NO3/c1-3-5-7-9-11-13-15-17-19-21-23-25-35(39)31-37(33-27-29-34(38)30-28-33)32-36(40)26-24-22-20-18-16-14-12-10-8-6-4-2/h27-30,35-36,38-40H,3-26,31-32H2,1-2H3. The summed E-state index contributed by atoms with van der Waals surface area (Å²) in [6.07, 6.45) is 29.6. The summed E-state index contributed by atoms with van der Waals surface area (Å²) in [6.45, 7) is 5.59. The largest absolute Gasteiger partial charge is 0.508 e. The molecular weight excluding hydrogens is 494 g/mol. The maximum atomic E-state index is 10.8. The first-order chi connectivity index (χ1) is 19.6. The quantitative estimate of drug-likeness (QED) is 0.0851. The number of phenols is 1. The van der Waals surface area contributed by atoms with Crippen molar-refractivity contribution in [1.82, 2.24) is 0 Å². The molecule has 0 fully saturated rings. The predicted molar refractivity (Wildman–Crippen MR) is 174 cm³/mol. The molecule has 0 saturated heterocycles. The lowest BCUT2D eigenvalue weighted by Gasteiger charge is -2.29. The van der Waals surface area contributed by atoms with Crippen LogP contribution in [0.15, 0.2) is 24.3 Å². The number of hydrogen-bond acceptors (Lipinski definition) is 4. The monoisotopic (exact) mass is 562 g/mol. The van der Waals surface area contributed by atoms with Gasteiger partial charge in [-0.15, -0.1) is 0 Å². The lowest BCUT2D eigenvalue weighted by Crippen LogP contribution is -2.38. The van der Waals surface area contributed by atoms with Gasteiger partial charge in [-0.1, -0.05) is 155 Å². The Labute approximate surface area is 249 Å². The van der Waals surface area contributed by atoms with Gasteiger partial charge < -0.3 is 20.2 Å². The van der Waals surface area contributed by atoms with Crippen LogP contribution in [0.4, 0.5) is 5.69 Å². The van der Waals surface area contributed by atoms with Gasteiger partial charge in [0.1, 0.15) is 5.75 Å². The zero-order chi connectivity index (χ0) is 29.1. The Hall–Kier alpha value is -1.26. The van der Waals surface area contributed by atoms with Gasteiger partial charge in [-0.25, -0.2) is 0 Å². The van der Waals surface area contributed by atoms with Gasteiger partial charge in [-0.2, -0.15) is 0 Å². The van der Waals surface area contributed by atoms with Crippen molar-refractivity contribution in [2.45, 2.75) is 180 Å². The molecule has 0 bridgehead atoms. The molecule has 0 aliphatic carbocycles. The summed E-state index contributed by atoms with van der Waals surface area (Å²) >= 11 is 0. The van der Waals surface area contributed by atoms with Crippen LogP contribution in [0.3, 0.4) is 0 Å². The lowest BCUT2D eigenvalue weighted by molar-refractivity contribution is 0.145. The second kappa shape index (κ2) is 26.6. The van der Waals surface area contributed by atoms with Crippen molar-refractivity contribution in [3.8, 4) is 5.75 Å². The molecule has 0 heterocycles. The van der Waals surface area contributed by atoms with Crippen molar-refractivity contribution in [2.75, 3.05) is 18.0 Å². The third kappa shape index (κ3) is 21.5. The Kier molecular flexibility index (Phi) is 24.5. The number of aliphatic hydroxyl groups excluding tert-OH is 2. The minimum atomic E-state index is -0.401. The van der Waals surface area contributed by atoms with Crippen LogP contribution >= 0.6 is 0 Å². The molecule has 234 valence electrons. The van der Waals surface area contributed by atoms with Gasteiger partial charge in [-0.05, 0) is 37.1 Å². The molecule has 4 nitrogen and oxygen atoms in total. The average Bonchev–Trinajstić information content (AvgIpc) is 2.94. The summed E-state index contributed by atoms with van der Waals surface area (Å²) in [6, 6.07) is 7.15. The number of rotatable bonds is 29. The molecule has 1 aromatic rings. The van der Waals surface area contributed by atoms with E-state index in [1.807, 2.05) is 12.1 Å². The summed E-state index contributed by atoms with van der Waals surface area (Å²) in [5.41, 5.74) is 0.953. The fourth-order valence-corrected chi connectivity index (χ4v) is 5.73. The fourth-order valence-electron chi connectivity index (χ4n) is 5.73. The highest BCUT2D eigenvalue weighted by atomic mass is 16.3. The molecule has 0 amide bonds. The van der Waals surface area contributed by atoms with Crippen molar-refractivity contribution in [3.63, 3.8) is 0 Å². The number of benzene rings is 1. The molecule has 0 spiro atoms. The van der Waals surface area contributed by atoms with E-state index in [4.69, 9.17) is 0 Å². The second-order valence-corrected chi connectivity index (χ2v) is 12.4. The first-order valence-corrected chi connectivity index (χ1v) is 17.5. The Morgan fingerprint density at radius 3 is 1.10 bits per heavy atom. The van der Waals surface area contributed by atoms with E-state index in [2.05, 4.69) is 18.7 Å². The van der Waals surface area contributed by atoms with Crippen molar-refractivity contribution in [1.29, 1.82) is 0 Å². The number of phenolic OH excluding ortho intramolecular Hbond substituents is 1. The highest BCUT2D eigenvalue weighted by molar-refractivity contribution is 5.49. The van der Waals surface area contributed by atoms with Gasteiger partial charge in [0.2, 0.25) is 0 Å². The molecule has 0 aliphatic heterocycles. The maximum Gasteiger partial charge on any atom is 0.115 e. The lowest BCUT2D eigenvalue weighted by atomic mass is 10.0. The zero-order valence-corrected chi connectivity index (χ0v) is 26.6. The van der Waals surface area contributed by atoms with Gasteiger partial charge in [0, 0.05) is 18.8 Å². The first kappa shape index (κ1) is 36.8. The molecule has 2 atom stereocenters. The van der Waals surface area contributed by atoms with Crippen LogP contribution in [0.5, 0.6) is 5.75 Å². The van der Waals surface area contributed by atoms with E-state index in [-0.39, 0.29) is 5.75 Å². The number of aromatic hydroxyl groups is 1. The van der Waals surface area contributed by atoms with E-state index >= 15 is 0 Å². The normalized spacial score (nSPS) is 13.0. The van der Waals surface area contributed by atoms with Gasteiger partial charge in [-0.3, -0.25) is 0 Å². The number of aliphatic hydroxyl groups is 2. The number of nitrogens with zero attached hydrogens (tertiary/aromatic N) is 1. The van der Waals surface area contributed by atoms with Crippen molar-refractivity contribution in [3.05, 3.63) is 24.3 Å². The van der Waals surface area contributed by atoms with Crippen molar-refractivity contribution < 1.29 is 15.3 Å². The van der Waals surface area contributed by atoms with Crippen molar-refractivity contribution in [2.24, 2.45) is 0 Å². The molecule has 4 heteroatoms. The van der Waals surface area contributed by atoms with Crippen LogP contribution in [-0.2, 0) is 0 Å². The number of hydrogen-bond donors (Lipinski definition) is 3. The molecule has 0 radical (unpaired) electrons. The number of unbranched alkanes of at least 4 members (excludes halogenated alkanes) is 20. The van der Waals surface area contributed by atoms with E-state index in [9.17, 15) is 15.3 Å². The third-order valence-corrected chi connectivity index (χ3v) is 8.36.